The van der Waals surface area contributed by atoms with E-state index in [9.17, 15) is 13.2 Å². The normalized spacial score (nSPS) is 11.2. The van der Waals surface area contributed by atoms with E-state index in [4.69, 9.17) is 28.3 Å². The summed E-state index contributed by atoms with van der Waals surface area (Å²) in [6, 6.07) is 10.2. The van der Waals surface area contributed by atoms with Crippen LogP contribution in [0.2, 0.25) is 10.0 Å². The lowest BCUT2D eigenvalue weighted by Crippen LogP contribution is -2.33. The van der Waals surface area contributed by atoms with Crippen molar-refractivity contribution in [1.82, 2.24) is 4.90 Å². The van der Waals surface area contributed by atoms with Crippen LogP contribution in [0.5, 0.6) is 0 Å². The summed E-state index contributed by atoms with van der Waals surface area (Å²) in [5.41, 5.74) is 0.673. The minimum atomic E-state index is -3.92. The van der Waals surface area contributed by atoms with Crippen LogP contribution in [0, 0.1) is 0 Å². The largest absolute Gasteiger partial charge is 0.395 e. The number of benzene rings is 2. The fraction of sp³-hybridized carbons (Fsp3) is 0.235. The smallest absolute Gasteiger partial charge is 0.263 e. The molecule has 0 aliphatic rings. The molecule has 2 rings (SSSR count). The number of hydrogen-bond acceptors (Lipinski definition) is 4. The van der Waals surface area contributed by atoms with Crippen LogP contribution in [0.1, 0.15) is 17.3 Å². The number of halogens is 2. The van der Waals surface area contributed by atoms with Crippen molar-refractivity contribution in [3.05, 3.63) is 58.1 Å². The molecule has 0 saturated heterocycles. The molecule has 0 aliphatic heterocycles. The van der Waals surface area contributed by atoms with Crippen LogP contribution in [-0.2, 0) is 10.0 Å². The van der Waals surface area contributed by atoms with Crippen LogP contribution in [0.15, 0.2) is 47.4 Å². The van der Waals surface area contributed by atoms with E-state index in [1.807, 2.05) is 6.92 Å². The van der Waals surface area contributed by atoms with Gasteiger partial charge in [0.1, 0.15) is 4.90 Å². The van der Waals surface area contributed by atoms with Crippen molar-refractivity contribution in [1.29, 1.82) is 0 Å². The maximum Gasteiger partial charge on any atom is 0.263 e. The lowest BCUT2D eigenvalue weighted by molar-refractivity contribution is 0.0732. The van der Waals surface area contributed by atoms with E-state index in [2.05, 4.69) is 4.72 Å². The molecule has 0 aliphatic carbocycles. The Labute approximate surface area is 162 Å². The summed E-state index contributed by atoms with van der Waals surface area (Å²) < 4.78 is 27.4. The fourth-order valence-electron chi connectivity index (χ4n) is 2.28. The monoisotopic (exact) mass is 416 g/mol. The average molecular weight is 417 g/mol. The summed E-state index contributed by atoms with van der Waals surface area (Å²) in [6.45, 7) is 2.38. The Balaban J connectivity index is 2.21. The maximum absolute atomic E-state index is 12.5. The van der Waals surface area contributed by atoms with Gasteiger partial charge < -0.3 is 10.0 Å². The maximum atomic E-state index is 12.5. The highest BCUT2D eigenvalue weighted by Gasteiger charge is 2.19. The Morgan fingerprint density at radius 1 is 1.15 bits per heavy atom. The molecule has 26 heavy (non-hydrogen) atoms. The predicted molar refractivity (Wildman–Crippen MR) is 102 cm³/mol. The van der Waals surface area contributed by atoms with E-state index >= 15 is 0 Å². The SMILES string of the molecule is CCN(CCO)C(=O)c1ccc(NS(=O)(=O)c2cc(Cl)ccc2Cl)cc1. The number of nitrogens with zero attached hydrogens (tertiary/aromatic N) is 1. The van der Waals surface area contributed by atoms with E-state index in [-0.39, 0.29) is 39.7 Å². The van der Waals surface area contributed by atoms with Crippen LogP contribution in [0.3, 0.4) is 0 Å². The summed E-state index contributed by atoms with van der Waals surface area (Å²) in [5, 5.41) is 9.30. The molecule has 2 aromatic rings. The number of sulfonamides is 1. The average Bonchev–Trinajstić information content (AvgIpc) is 2.61. The molecular weight excluding hydrogens is 399 g/mol. The van der Waals surface area contributed by atoms with Gasteiger partial charge >= 0.3 is 0 Å². The van der Waals surface area contributed by atoms with Crippen molar-refractivity contribution < 1.29 is 18.3 Å². The zero-order valence-electron chi connectivity index (χ0n) is 13.9. The zero-order chi connectivity index (χ0) is 19.3. The van der Waals surface area contributed by atoms with Gasteiger partial charge in [-0.1, -0.05) is 23.2 Å². The topological polar surface area (TPSA) is 86.7 Å². The first-order chi connectivity index (χ1) is 12.3. The number of aliphatic hydroxyl groups excluding tert-OH is 1. The number of nitrogens with one attached hydrogen (secondary N) is 1. The molecule has 2 aromatic carbocycles. The predicted octanol–water partition coefficient (Wildman–Crippen LogP) is 3.25. The number of carbonyl (C=O) groups excluding carboxylic acids is 1. The van der Waals surface area contributed by atoms with Gasteiger partial charge in [0.2, 0.25) is 0 Å². The van der Waals surface area contributed by atoms with E-state index in [0.29, 0.717) is 12.1 Å². The summed E-state index contributed by atoms with van der Waals surface area (Å²) in [6.07, 6.45) is 0. The molecule has 0 unspecified atom stereocenters. The van der Waals surface area contributed by atoms with Crippen LogP contribution >= 0.6 is 23.2 Å². The Morgan fingerprint density at radius 3 is 2.38 bits per heavy atom. The minimum absolute atomic E-state index is 0.0521. The lowest BCUT2D eigenvalue weighted by atomic mass is 10.2. The first-order valence-electron chi connectivity index (χ1n) is 7.76. The van der Waals surface area contributed by atoms with Crippen molar-refractivity contribution in [2.45, 2.75) is 11.8 Å². The standard InChI is InChI=1S/C17H18Cl2N2O4S/c1-2-21(9-10-22)17(23)12-3-6-14(7-4-12)20-26(24,25)16-11-13(18)5-8-15(16)19/h3-8,11,20,22H,2,9-10H2,1H3. The van der Waals surface area contributed by atoms with Gasteiger partial charge in [0, 0.05) is 29.4 Å². The number of hydrogen-bond donors (Lipinski definition) is 2. The van der Waals surface area contributed by atoms with Crippen LogP contribution in [0.4, 0.5) is 5.69 Å². The summed E-state index contributed by atoms with van der Waals surface area (Å²) in [7, 11) is -3.92. The minimum Gasteiger partial charge on any atom is -0.395 e. The zero-order valence-corrected chi connectivity index (χ0v) is 16.3. The molecule has 140 valence electrons. The molecule has 0 bridgehead atoms. The van der Waals surface area contributed by atoms with Crippen molar-refractivity contribution in [2.24, 2.45) is 0 Å². The third kappa shape index (κ3) is 4.88. The lowest BCUT2D eigenvalue weighted by Gasteiger charge is -2.19. The molecule has 0 saturated carbocycles. The molecule has 0 fully saturated rings. The quantitative estimate of drug-likeness (QED) is 0.724. The highest BCUT2D eigenvalue weighted by atomic mass is 35.5. The molecule has 9 heteroatoms. The fourth-order valence-corrected chi connectivity index (χ4v) is 4.10. The second kappa shape index (κ2) is 8.73. The van der Waals surface area contributed by atoms with Gasteiger partial charge in [0.05, 0.1) is 11.6 Å². The van der Waals surface area contributed by atoms with Gasteiger partial charge in [-0.05, 0) is 49.4 Å². The first-order valence-corrected chi connectivity index (χ1v) is 10.0. The Bertz CT molecular complexity index is 886. The molecule has 1 amide bonds. The van der Waals surface area contributed by atoms with Gasteiger partial charge in [0.15, 0.2) is 0 Å². The molecule has 0 atom stereocenters. The van der Waals surface area contributed by atoms with E-state index in [1.54, 1.807) is 0 Å². The number of amides is 1. The number of anilines is 1. The first kappa shape index (κ1) is 20.5. The van der Waals surface area contributed by atoms with Gasteiger partial charge in [-0.15, -0.1) is 0 Å². The Kier molecular flexibility index (Phi) is 6.88. The second-order valence-electron chi connectivity index (χ2n) is 5.37. The van der Waals surface area contributed by atoms with Gasteiger partial charge in [-0.3, -0.25) is 9.52 Å². The summed E-state index contributed by atoms with van der Waals surface area (Å²) >= 11 is 11.8. The number of carbonyl (C=O) groups is 1. The van der Waals surface area contributed by atoms with Crippen molar-refractivity contribution in [3.8, 4) is 0 Å². The summed E-state index contributed by atoms with van der Waals surface area (Å²) in [5.74, 6) is -0.242. The second-order valence-corrected chi connectivity index (χ2v) is 7.86. The molecule has 6 nitrogen and oxygen atoms in total. The van der Waals surface area contributed by atoms with Gasteiger partial charge in [-0.25, -0.2) is 8.42 Å². The molecule has 0 heterocycles. The van der Waals surface area contributed by atoms with E-state index < -0.39 is 10.0 Å². The van der Waals surface area contributed by atoms with Gasteiger partial charge in [-0.2, -0.15) is 0 Å². The highest BCUT2D eigenvalue weighted by Crippen LogP contribution is 2.27. The highest BCUT2D eigenvalue weighted by molar-refractivity contribution is 7.92. The van der Waals surface area contributed by atoms with Crippen LogP contribution < -0.4 is 4.72 Å². The van der Waals surface area contributed by atoms with Crippen molar-refractivity contribution >= 4 is 44.8 Å². The number of rotatable bonds is 7. The van der Waals surface area contributed by atoms with E-state index in [0.717, 1.165) is 0 Å². The molecule has 2 N–H and O–H groups in total. The number of likely N-dealkylation sites (N-methyl/N-ethyl adjacent to an activating group) is 1. The molecule has 0 radical (unpaired) electrons. The van der Waals surface area contributed by atoms with E-state index in [1.165, 1.54) is 47.4 Å². The van der Waals surface area contributed by atoms with Crippen LogP contribution in [-0.4, -0.2) is 44.0 Å². The van der Waals surface area contributed by atoms with Crippen molar-refractivity contribution in [3.63, 3.8) is 0 Å². The Morgan fingerprint density at radius 2 is 1.81 bits per heavy atom. The van der Waals surface area contributed by atoms with Crippen molar-refractivity contribution in [2.75, 3.05) is 24.4 Å². The third-order valence-electron chi connectivity index (χ3n) is 3.61. The van der Waals surface area contributed by atoms with Gasteiger partial charge in [0.25, 0.3) is 15.9 Å². The van der Waals surface area contributed by atoms with Crippen LogP contribution in [0.25, 0.3) is 0 Å². The molecule has 0 spiro atoms. The number of aliphatic hydroxyl groups is 1. The molecule has 0 aromatic heterocycles. The Hall–Kier alpha value is -1.80. The third-order valence-corrected chi connectivity index (χ3v) is 5.70. The summed E-state index contributed by atoms with van der Waals surface area (Å²) in [4.78, 5) is 13.7. The molecular formula is C17H18Cl2N2O4S.